The van der Waals surface area contributed by atoms with E-state index in [0.29, 0.717) is 30.7 Å². The summed E-state index contributed by atoms with van der Waals surface area (Å²) >= 11 is 0. The lowest BCUT2D eigenvalue weighted by Crippen LogP contribution is -2.31. The molecule has 8 heteroatoms. The maximum absolute atomic E-state index is 13.4. The molecule has 0 amide bonds. The normalized spacial score (nSPS) is 21.8. The Morgan fingerprint density at radius 3 is 3.04 bits per heavy atom. The molecule has 0 bridgehead atoms. The highest BCUT2D eigenvalue weighted by Gasteiger charge is 2.40. The van der Waals surface area contributed by atoms with E-state index in [2.05, 4.69) is 29.9 Å². The Balaban J connectivity index is 1.59. The smallest absolute Gasteiger partial charge is 0.125 e. The van der Waals surface area contributed by atoms with Crippen molar-refractivity contribution in [2.24, 2.45) is 0 Å². The maximum Gasteiger partial charge on any atom is 0.125 e. The number of aromatic nitrogens is 5. The molecular formula is C16H19FN6O. The van der Waals surface area contributed by atoms with Crippen LogP contribution in [-0.4, -0.2) is 48.1 Å². The van der Waals surface area contributed by atoms with Crippen LogP contribution >= 0.6 is 0 Å². The molecule has 1 unspecified atom stereocenters. The van der Waals surface area contributed by atoms with Gasteiger partial charge in [-0.05, 0) is 25.5 Å². The highest BCUT2D eigenvalue weighted by Crippen LogP contribution is 2.31. The van der Waals surface area contributed by atoms with Crippen molar-refractivity contribution in [2.75, 3.05) is 13.1 Å². The fraction of sp³-hybridized carbons (Fsp3) is 0.438. The van der Waals surface area contributed by atoms with Crippen LogP contribution in [0.15, 0.2) is 24.4 Å². The molecule has 0 radical (unpaired) electrons. The number of rotatable bonds is 4. The van der Waals surface area contributed by atoms with Gasteiger partial charge in [0.1, 0.15) is 22.9 Å². The van der Waals surface area contributed by atoms with Crippen LogP contribution in [0.3, 0.4) is 0 Å². The zero-order valence-corrected chi connectivity index (χ0v) is 13.4. The number of H-pyrrole nitrogens is 1. The number of hydrogen-bond donors (Lipinski definition) is 2. The molecule has 0 spiro atoms. The zero-order valence-electron chi connectivity index (χ0n) is 13.4. The monoisotopic (exact) mass is 330 g/mol. The third-order valence-electron chi connectivity index (χ3n) is 4.69. The van der Waals surface area contributed by atoms with Gasteiger partial charge >= 0.3 is 0 Å². The molecule has 7 nitrogen and oxygen atoms in total. The van der Waals surface area contributed by atoms with Crippen LogP contribution in [0.4, 0.5) is 4.39 Å². The van der Waals surface area contributed by atoms with Gasteiger partial charge in [0.25, 0.3) is 0 Å². The number of fused-ring (bicyclic) bond motifs is 1. The second kappa shape index (κ2) is 5.64. The summed E-state index contributed by atoms with van der Waals surface area (Å²) in [6.07, 6.45) is 2.16. The van der Waals surface area contributed by atoms with E-state index < -0.39 is 5.60 Å². The Hall–Kier alpha value is -2.32. The summed E-state index contributed by atoms with van der Waals surface area (Å²) in [6, 6.07) is 4.68. The number of benzene rings is 1. The summed E-state index contributed by atoms with van der Waals surface area (Å²) in [5.74, 6) is 0.596. The Morgan fingerprint density at radius 1 is 1.42 bits per heavy atom. The van der Waals surface area contributed by atoms with E-state index in [1.165, 1.54) is 12.1 Å². The molecule has 24 heavy (non-hydrogen) atoms. The number of halogens is 1. The summed E-state index contributed by atoms with van der Waals surface area (Å²) in [5, 5.41) is 21.1. The van der Waals surface area contributed by atoms with Gasteiger partial charge in [0.2, 0.25) is 0 Å². The first-order valence-electron chi connectivity index (χ1n) is 8.05. The first kappa shape index (κ1) is 15.2. The number of imidazole rings is 1. The SMILES string of the molecule is CCn1c(CN2CCC(O)(c3cn[nH]n3)C2)nc2cc(F)ccc21. The highest BCUT2D eigenvalue weighted by molar-refractivity contribution is 5.76. The number of aryl methyl sites for hydroxylation is 1. The predicted octanol–water partition coefficient (Wildman–Crippen LogP) is 1.41. The molecule has 1 aromatic carbocycles. The van der Waals surface area contributed by atoms with Gasteiger partial charge in [-0.3, -0.25) is 4.90 Å². The van der Waals surface area contributed by atoms with E-state index in [9.17, 15) is 9.50 Å². The molecule has 3 heterocycles. The molecule has 1 aliphatic heterocycles. The Morgan fingerprint density at radius 2 is 2.29 bits per heavy atom. The largest absolute Gasteiger partial charge is 0.382 e. The molecule has 0 saturated carbocycles. The van der Waals surface area contributed by atoms with E-state index in [0.717, 1.165) is 24.4 Å². The molecule has 2 N–H and O–H groups in total. The zero-order chi connectivity index (χ0) is 16.7. The fourth-order valence-electron chi connectivity index (χ4n) is 3.47. The molecule has 0 aliphatic carbocycles. The van der Waals surface area contributed by atoms with Crippen LogP contribution in [0.1, 0.15) is 24.9 Å². The number of hydrogen-bond acceptors (Lipinski definition) is 5. The Kier molecular flexibility index (Phi) is 3.58. The number of β-amino-alcohol motifs (C(OH)–C–C–N with tert-alkyl or cyclic N) is 1. The molecule has 126 valence electrons. The van der Waals surface area contributed by atoms with E-state index in [-0.39, 0.29) is 5.82 Å². The fourth-order valence-corrected chi connectivity index (χ4v) is 3.47. The van der Waals surface area contributed by atoms with Gasteiger partial charge in [0, 0.05) is 25.7 Å². The minimum atomic E-state index is -0.984. The molecule has 2 aromatic heterocycles. The molecular weight excluding hydrogens is 311 g/mol. The predicted molar refractivity (Wildman–Crippen MR) is 85.5 cm³/mol. The average Bonchev–Trinajstić information content (AvgIpc) is 3.26. The summed E-state index contributed by atoms with van der Waals surface area (Å²) in [6.45, 7) is 4.62. The van der Waals surface area contributed by atoms with Gasteiger partial charge in [-0.15, -0.1) is 0 Å². The van der Waals surface area contributed by atoms with Crippen molar-refractivity contribution in [3.05, 3.63) is 41.7 Å². The molecule has 4 rings (SSSR count). The topological polar surface area (TPSA) is 82.9 Å². The number of nitrogens with one attached hydrogen (secondary N) is 1. The van der Waals surface area contributed by atoms with Crippen LogP contribution in [0, 0.1) is 5.82 Å². The van der Waals surface area contributed by atoms with E-state index in [1.807, 2.05) is 6.92 Å². The van der Waals surface area contributed by atoms with Crippen LogP contribution in [0.5, 0.6) is 0 Å². The van der Waals surface area contributed by atoms with Crippen molar-refractivity contribution in [1.82, 2.24) is 29.9 Å². The van der Waals surface area contributed by atoms with Crippen LogP contribution in [0.25, 0.3) is 11.0 Å². The van der Waals surface area contributed by atoms with Crippen molar-refractivity contribution in [1.29, 1.82) is 0 Å². The number of likely N-dealkylation sites (tertiary alicyclic amines) is 1. The third kappa shape index (κ3) is 2.47. The summed E-state index contributed by atoms with van der Waals surface area (Å²) < 4.78 is 15.5. The standard InChI is InChI=1S/C16H19FN6O/c1-2-23-13-4-3-11(17)7-12(13)19-15(23)9-22-6-5-16(24,10-22)14-8-18-21-20-14/h3-4,7-8,24H,2,5-6,9-10H2,1H3,(H,18,20,21). The molecule has 3 aromatic rings. The van der Waals surface area contributed by atoms with Crippen LogP contribution < -0.4 is 0 Å². The highest BCUT2D eigenvalue weighted by atomic mass is 19.1. The van der Waals surface area contributed by atoms with Gasteiger partial charge in [-0.2, -0.15) is 15.4 Å². The number of nitrogens with zero attached hydrogens (tertiary/aromatic N) is 5. The Labute approximate surface area is 138 Å². The van der Waals surface area contributed by atoms with Crippen molar-refractivity contribution in [2.45, 2.75) is 32.0 Å². The quantitative estimate of drug-likeness (QED) is 0.756. The van der Waals surface area contributed by atoms with Gasteiger partial charge in [0.05, 0.1) is 23.8 Å². The van der Waals surface area contributed by atoms with Gasteiger partial charge in [-0.1, -0.05) is 0 Å². The third-order valence-corrected chi connectivity index (χ3v) is 4.69. The van der Waals surface area contributed by atoms with E-state index in [1.54, 1.807) is 12.3 Å². The molecule has 1 aliphatic rings. The second-order valence-electron chi connectivity index (χ2n) is 6.25. The average molecular weight is 330 g/mol. The summed E-state index contributed by atoms with van der Waals surface area (Å²) in [4.78, 5) is 6.72. The van der Waals surface area contributed by atoms with Crippen molar-refractivity contribution in [3.8, 4) is 0 Å². The Bertz CT molecular complexity index is 861. The van der Waals surface area contributed by atoms with E-state index in [4.69, 9.17) is 0 Å². The van der Waals surface area contributed by atoms with Crippen molar-refractivity contribution >= 4 is 11.0 Å². The van der Waals surface area contributed by atoms with Gasteiger partial charge < -0.3 is 9.67 Å². The lowest BCUT2D eigenvalue weighted by Gasteiger charge is -2.21. The van der Waals surface area contributed by atoms with Crippen LogP contribution in [-0.2, 0) is 18.7 Å². The first-order chi connectivity index (χ1) is 11.6. The molecule has 1 fully saturated rings. The second-order valence-corrected chi connectivity index (χ2v) is 6.25. The molecule has 1 atom stereocenters. The van der Waals surface area contributed by atoms with Crippen molar-refractivity contribution < 1.29 is 9.50 Å². The number of aliphatic hydroxyl groups is 1. The van der Waals surface area contributed by atoms with Crippen molar-refractivity contribution in [3.63, 3.8) is 0 Å². The lowest BCUT2D eigenvalue weighted by molar-refractivity contribution is 0.0405. The first-order valence-corrected chi connectivity index (χ1v) is 8.05. The van der Waals surface area contributed by atoms with Gasteiger partial charge in [0.15, 0.2) is 0 Å². The lowest BCUT2D eigenvalue weighted by atomic mass is 10.0. The van der Waals surface area contributed by atoms with Gasteiger partial charge in [-0.25, -0.2) is 9.37 Å². The minimum Gasteiger partial charge on any atom is -0.382 e. The van der Waals surface area contributed by atoms with Crippen LogP contribution in [0.2, 0.25) is 0 Å². The summed E-state index contributed by atoms with van der Waals surface area (Å²) in [5.41, 5.74) is 1.18. The van der Waals surface area contributed by atoms with E-state index >= 15 is 0 Å². The maximum atomic E-state index is 13.4. The minimum absolute atomic E-state index is 0.281. The number of aromatic amines is 1. The molecule has 1 saturated heterocycles. The summed E-state index contributed by atoms with van der Waals surface area (Å²) in [7, 11) is 0.